The van der Waals surface area contributed by atoms with Crippen molar-refractivity contribution < 1.29 is 26.7 Å². The van der Waals surface area contributed by atoms with E-state index in [1.54, 1.807) is 30.3 Å². The lowest BCUT2D eigenvalue weighted by Gasteiger charge is -2.13. The summed E-state index contributed by atoms with van der Waals surface area (Å²) in [5.74, 6) is 0.151. The molecular formula is C14H15F5OS. The second-order valence-electron chi connectivity index (χ2n) is 4.47. The van der Waals surface area contributed by atoms with E-state index in [4.69, 9.17) is 0 Å². The van der Waals surface area contributed by atoms with Gasteiger partial charge < -0.3 is 0 Å². The lowest BCUT2D eigenvalue weighted by atomic mass is 10.1. The number of thioether (sulfide) groups is 1. The number of rotatable bonds is 7. The summed E-state index contributed by atoms with van der Waals surface area (Å²) < 4.78 is 61.6. The second kappa shape index (κ2) is 8.36. The van der Waals surface area contributed by atoms with Crippen molar-refractivity contribution in [1.82, 2.24) is 0 Å². The molecule has 1 aromatic rings. The predicted molar refractivity (Wildman–Crippen MR) is 72.9 cm³/mol. The Balaban J connectivity index is 2.22. The molecule has 0 aliphatic rings. The maximum absolute atomic E-state index is 13.3. The van der Waals surface area contributed by atoms with Gasteiger partial charge in [-0.3, -0.25) is 4.79 Å². The molecule has 21 heavy (non-hydrogen) atoms. The topological polar surface area (TPSA) is 17.1 Å². The summed E-state index contributed by atoms with van der Waals surface area (Å²) in [4.78, 5) is 11.7. The van der Waals surface area contributed by atoms with Crippen LogP contribution in [0.25, 0.3) is 0 Å². The van der Waals surface area contributed by atoms with Crippen LogP contribution < -0.4 is 0 Å². The number of hydrogen-bond donors (Lipinski definition) is 0. The summed E-state index contributed by atoms with van der Waals surface area (Å²) in [5.41, 5.74) is 0.485. The molecule has 0 fully saturated rings. The minimum atomic E-state index is -4.93. The van der Waals surface area contributed by atoms with Gasteiger partial charge in [-0.1, -0.05) is 42.1 Å². The van der Waals surface area contributed by atoms with Crippen molar-refractivity contribution in [3.63, 3.8) is 0 Å². The van der Waals surface area contributed by atoms with Gasteiger partial charge in [0.2, 0.25) is 5.12 Å². The van der Waals surface area contributed by atoms with Gasteiger partial charge in [-0.15, -0.1) is 0 Å². The Morgan fingerprint density at radius 1 is 1.05 bits per heavy atom. The van der Waals surface area contributed by atoms with Crippen LogP contribution in [0.3, 0.4) is 0 Å². The van der Waals surface area contributed by atoms with E-state index in [1.165, 1.54) is 0 Å². The first kappa shape index (κ1) is 17.9. The molecule has 1 rings (SSSR count). The highest BCUT2D eigenvalue weighted by molar-refractivity contribution is 8.14. The van der Waals surface area contributed by atoms with E-state index in [2.05, 4.69) is 0 Å². The third kappa shape index (κ3) is 6.93. The van der Waals surface area contributed by atoms with Gasteiger partial charge in [-0.05, 0) is 19.3 Å². The fraction of sp³-hybridized carbons (Fsp3) is 0.500. The van der Waals surface area contributed by atoms with E-state index in [0.717, 1.165) is 11.8 Å². The summed E-state index contributed by atoms with van der Waals surface area (Å²) in [6.45, 7) is 0. The van der Waals surface area contributed by atoms with Crippen molar-refractivity contribution in [2.45, 2.75) is 37.8 Å². The molecule has 7 heteroatoms. The zero-order valence-electron chi connectivity index (χ0n) is 11.1. The van der Waals surface area contributed by atoms with Gasteiger partial charge in [0.15, 0.2) is 6.17 Å². The fourth-order valence-electron chi connectivity index (χ4n) is 1.57. The largest absolute Gasteiger partial charge is 0.419 e. The highest BCUT2D eigenvalue weighted by Gasteiger charge is 2.39. The summed E-state index contributed by atoms with van der Waals surface area (Å²) in [5, 5.41) is -0.221. The van der Waals surface area contributed by atoms with E-state index in [1.807, 2.05) is 0 Å². The average molecular weight is 326 g/mol. The van der Waals surface area contributed by atoms with Crippen LogP contribution in [-0.2, 0) is 0 Å². The molecule has 0 bridgehead atoms. The van der Waals surface area contributed by atoms with Crippen LogP contribution in [0, 0.1) is 0 Å². The first-order valence-electron chi connectivity index (χ1n) is 6.37. The molecule has 0 spiro atoms. The van der Waals surface area contributed by atoms with E-state index >= 15 is 0 Å². The van der Waals surface area contributed by atoms with E-state index < -0.39 is 31.4 Å². The predicted octanol–water partition coefficient (Wildman–Crippen LogP) is 4.97. The zero-order valence-corrected chi connectivity index (χ0v) is 11.9. The minimum absolute atomic E-state index is 0.0756. The second-order valence-corrected chi connectivity index (χ2v) is 5.54. The quantitative estimate of drug-likeness (QED) is 0.658. The van der Waals surface area contributed by atoms with Crippen LogP contribution in [0.5, 0.6) is 0 Å². The molecule has 0 aliphatic carbocycles. The molecule has 0 N–H and O–H groups in total. The summed E-state index contributed by atoms with van der Waals surface area (Å²) in [6, 6.07) is 8.40. The van der Waals surface area contributed by atoms with Gasteiger partial charge in [-0.25, -0.2) is 8.78 Å². The van der Waals surface area contributed by atoms with Crippen molar-refractivity contribution in [1.29, 1.82) is 0 Å². The van der Waals surface area contributed by atoms with Crippen LogP contribution in [0.1, 0.15) is 29.6 Å². The van der Waals surface area contributed by atoms with Gasteiger partial charge in [0.1, 0.15) is 6.17 Å². The molecule has 0 aromatic heterocycles. The Morgan fingerprint density at radius 3 is 2.24 bits per heavy atom. The molecule has 0 radical (unpaired) electrons. The number of carbonyl (C=O) groups excluding carboxylic acids is 1. The molecular weight excluding hydrogens is 311 g/mol. The fourth-order valence-corrected chi connectivity index (χ4v) is 2.43. The number of alkyl halides is 5. The SMILES string of the molecule is O=C(SCCC(F)CCC(F)C(F)(F)F)c1ccccc1. The highest BCUT2D eigenvalue weighted by atomic mass is 32.2. The molecule has 2 atom stereocenters. The number of benzene rings is 1. The summed E-state index contributed by atoms with van der Waals surface area (Å²) in [7, 11) is 0. The lowest BCUT2D eigenvalue weighted by molar-refractivity contribution is -0.182. The standard InChI is InChI=1S/C14H15F5OS/c15-11(6-7-12(16)14(17,18)19)8-9-21-13(20)10-4-2-1-3-5-10/h1-5,11-12H,6-9H2. The van der Waals surface area contributed by atoms with Crippen molar-refractivity contribution >= 4 is 16.9 Å². The monoisotopic (exact) mass is 326 g/mol. The zero-order chi connectivity index (χ0) is 15.9. The van der Waals surface area contributed by atoms with Crippen LogP contribution >= 0.6 is 11.8 Å². The van der Waals surface area contributed by atoms with Gasteiger partial charge >= 0.3 is 6.18 Å². The maximum atomic E-state index is 13.3. The summed E-state index contributed by atoms with van der Waals surface area (Å²) in [6.07, 6.45) is -10.9. The van der Waals surface area contributed by atoms with Gasteiger partial charge in [0.25, 0.3) is 0 Å². The van der Waals surface area contributed by atoms with E-state index in [9.17, 15) is 26.7 Å². The molecule has 2 unspecified atom stereocenters. The first-order chi connectivity index (χ1) is 9.80. The average Bonchev–Trinajstić information content (AvgIpc) is 2.44. The molecule has 118 valence electrons. The number of carbonyl (C=O) groups is 1. The normalized spacial score (nSPS) is 14.7. The van der Waals surface area contributed by atoms with Crippen LogP contribution in [0.2, 0.25) is 0 Å². The van der Waals surface area contributed by atoms with Crippen molar-refractivity contribution in [3.8, 4) is 0 Å². The maximum Gasteiger partial charge on any atom is 0.419 e. The smallest absolute Gasteiger partial charge is 0.282 e. The Hall–Kier alpha value is -1.11. The number of hydrogen-bond acceptors (Lipinski definition) is 2. The van der Waals surface area contributed by atoms with Crippen molar-refractivity contribution in [3.05, 3.63) is 35.9 Å². The third-order valence-corrected chi connectivity index (χ3v) is 3.70. The molecule has 0 heterocycles. The van der Waals surface area contributed by atoms with E-state index in [0.29, 0.717) is 5.56 Å². The Labute approximate surface area is 123 Å². The van der Waals surface area contributed by atoms with Crippen molar-refractivity contribution in [2.75, 3.05) is 5.75 Å². The Morgan fingerprint density at radius 2 is 1.67 bits per heavy atom. The molecule has 0 aliphatic heterocycles. The van der Waals surface area contributed by atoms with Crippen molar-refractivity contribution in [2.24, 2.45) is 0 Å². The van der Waals surface area contributed by atoms with Crippen LogP contribution in [-0.4, -0.2) is 29.4 Å². The Kier molecular flexibility index (Phi) is 7.14. The molecule has 0 saturated carbocycles. The van der Waals surface area contributed by atoms with E-state index in [-0.39, 0.29) is 17.3 Å². The van der Waals surface area contributed by atoms with Gasteiger partial charge in [-0.2, -0.15) is 13.2 Å². The minimum Gasteiger partial charge on any atom is -0.282 e. The van der Waals surface area contributed by atoms with Crippen LogP contribution in [0.15, 0.2) is 30.3 Å². The Bertz CT molecular complexity index is 435. The first-order valence-corrected chi connectivity index (χ1v) is 7.36. The molecule has 1 aromatic carbocycles. The lowest BCUT2D eigenvalue weighted by Crippen LogP contribution is -2.25. The molecule has 0 saturated heterocycles. The van der Waals surface area contributed by atoms with Crippen LogP contribution in [0.4, 0.5) is 22.0 Å². The number of halogens is 5. The van der Waals surface area contributed by atoms with Gasteiger partial charge in [0, 0.05) is 11.3 Å². The van der Waals surface area contributed by atoms with Gasteiger partial charge in [0.05, 0.1) is 0 Å². The summed E-state index contributed by atoms with van der Waals surface area (Å²) >= 11 is 0.903. The third-order valence-electron chi connectivity index (χ3n) is 2.76. The molecule has 1 nitrogen and oxygen atoms in total. The highest BCUT2D eigenvalue weighted by Crippen LogP contribution is 2.27. The molecule has 0 amide bonds.